The second-order valence-electron chi connectivity index (χ2n) is 4.57. The number of nitrogens with zero attached hydrogens (tertiary/aromatic N) is 2. The standard InChI is InChI=1S/C14H18ClN3/c1-3-13(16)14(18-9-12(15)8-17-18)11-6-4-10(2)5-7-11/h4-9,13-14H,3,16H2,1-2H3. The zero-order valence-corrected chi connectivity index (χ0v) is 11.4. The minimum atomic E-state index is 0.0173. The molecule has 3 nitrogen and oxygen atoms in total. The summed E-state index contributed by atoms with van der Waals surface area (Å²) in [4.78, 5) is 0. The van der Waals surface area contributed by atoms with Crippen molar-refractivity contribution in [1.29, 1.82) is 0 Å². The summed E-state index contributed by atoms with van der Waals surface area (Å²) in [5.41, 5.74) is 8.62. The van der Waals surface area contributed by atoms with Gasteiger partial charge in [0.15, 0.2) is 0 Å². The first-order chi connectivity index (χ1) is 8.61. The van der Waals surface area contributed by atoms with E-state index in [0.717, 1.165) is 12.0 Å². The molecular weight excluding hydrogens is 246 g/mol. The van der Waals surface area contributed by atoms with Crippen LogP contribution in [-0.2, 0) is 0 Å². The molecule has 18 heavy (non-hydrogen) atoms. The van der Waals surface area contributed by atoms with Crippen molar-refractivity contribution in [3.8, 4) is 0 Å². The molecule has 0 radical (unpaired) electrons. The van der Waals surface area contributed by atoms with Gasteiger partial charge in [0, 0.05) is 12.2 Å². The number of rotatable bonds is 4. The fraction of sp³-hybridized carbons (Fsp3) is 0.357. The Morgan fingerprint density at radius 3 is 2.50 bits per heavy atom. The van der Waals surface area contributed by atoms with E-state index in [4.69, 9.17) is 17.3 Å². The molecule has 0 saturated heterocycles. The summed E-state index contributed by atoms with van der Waals surface area (Å²) < 4.78 is 1.85. The number of nitrogens with two attached hydrogens (primary N) is 1. The van der Waals surface area contributed by atoms with Crippen LogP contribution in [0.5, 0.6) is 0 Å². The molecule has 2 unspecified atom stereocenters. The molecule has 0 bridgehead atoms. The normalized spacial score (nSPS) is 14.4. The Hall–Kier alpha value is -1.32. The first-order valence-corrected chi connectivity index (χ1v) is 6.51. The topological polar surface area (TPSA) is 43.8 Å². The molecule has 1 aromatic carbocycles. The molecule has 0 aliphatic heterocycles. The molecule has 96 valence electrons. The van der Waals surface area contributed by atoms with E-state index in [-0.39, 0.29) is 12.1 Å². The smallest absolute Gasteiger partial charge is 0.0919 e. The van der Waals surface area contributed by atoms with Crippen LogP contribution in [-0.4, -0.2) is 15.8 Å². The van der Waals surface area contributed by atoms with Crippen molar-refractivity contribution in [2.45, 2.75) is 32.4 Å². The summed E-state index contributed by atoms with van der Waals surface area (Å²) in [6, 6.07) is 8.44. The van der Waals surface area contributed by atoms with Gasteiger partial charge in [-0.2, -0.15) is 5.10 Å². The SMILES string of the molecule is CCC(N)C(c1ccc(C)cc1)n1cc(Cl)cn1. The second kappa shape index (κ2) is 5.55. The Morgan fingerprint density at radius 2 is 2.00 bits per heavy atom. The average molecular weight is 264 g/mol. The van der Waals surface area contributed by atoms with Crippen LogP contribution < -0.4 is 5.73 Å². The lowest BCUT2D eigenvalue weighted by atomic mass is 9.97. The van der Waals surface area contributed by atoms with Gasteiger partial charge in [0.2, 0.25) is 0 Å². The summed E-state index contributed by atoms with van der Waals surface area (Å²) in [5.74, 6) is 0. The highest BCUT2D eigenvalue weighted by atomic mass is 35.5. The summed E-state index contributed by atoms with van der Waals surface area (Å²) in [5, 5.41) is 4.92. The van der Waals surface area contributed by atoms with Crippen molar-refractivity contribution < 1.29 is 0 Å². The van der Waals surface area contributed by atoms with E-state index >= 15 is 0 Å². The van der Waals surface area contributed by atoms with Crippen LogP contribution in [0.15, 0.2) is 36.7 Å². The van der Waals surface area contributed by atoms with Gasteiger partial charge in [-0.05, 0) is 18.9 Å². The Labute approximate surface area is 113 Å². The number of benzene rings is 1. The molecular formula is C14H18ClN3. The van der Waals surface area contributed by atoms with Crippen molar-refractivity contribution in [2.75, 3.05) is 0 Å². The van der Waals surface area contributed by atoms with Gasteiger partial charge in [-0.1, -0.05) is 48.4 Å². The first kappa shape index (κ1) is 13.1. The highest BCUT2D eigenvalue weighted by Gasteiger charge is 2.21. The average Bonchev–Trinajstić information content (AvgIpc) is 2.78. The highest BCUT2D eigenvalue weighted by Crippen LogP contribution is 2.24. The van der Waals surface area contributed by atoms with Crippen molar-refractivity contribution in [2.24, 2.45) is 5.73 Å². The van der Waals surface area contributed by atoms with E-state index in [0.29, 0.717) is 5.02 Å². The second-order valence-corrected chi connectivity index (χ2v) is 5.00. The van der Waals surface area contributed by atoms with Crippen molar-refractivity contribution in [1.82, 2.24) is 9.78 Å². The van der Waals surface area contributed by atoms with Crippen LogP contribution in [0.3, 0.4) is 0 Å². The molecule has 0 aliphatic carbocycles. The number of hydrogen-bond donors (Lipinski definition) is 1. The predicted octanol–water partition coefficient (Wildman–Crippen LogP) is 3.17. The quantitative estimate of drug-likeness (QED) is 0.921. The molecule has 0 fully saturated rings. The van der Waals surface area contributed by atoms with E-state index in [1.165, 1.54) is 5.56 Å². The molecule has 0 saturated carbocycles. The van der Waals surface area contributed by atoms with Crippen LogP contribution in [0.4, 0.5) is 0 Å². The molecule has 2 atom stereocenters. The minimum Gasteiger partial charge on any atom is -0.326 e. The number of halogens is 1. The van der Waals surface area contributed by atoms with Crippen LogP contribution in [0, 0.1) is 6.92 Å². The van der Waals surface area contributed by atoms with E-state index in [1.54, 1.807) is 6.20 Å². The Kier molecular flexibility index (Phi) is 4.04. The molecule has 0 spiro atoms. The van der Waals surface area contributed by atoms with Crippen LogP contribution in [0.2, 0.25) is 5.02 Å². The van der Waals surface area contributed by atoms with Gasteiger partial charge in [0.05, 0.1) is 17.3 Å². The van der Waals surface area contributed by atoms with Crippen molar-refractivity contribution >= 4 is 11.6 Å². The van der Waals surface area contributed by atoms with Gasteiger partial charge in [-0.15, -0.1) is 0 Å². The third-order valence-electron chi connectivity index (χ3n) is 3.15. The molecule has 0 aliphatic rings. The van der Waals surface area contributed by atoms with Crippen molar-refractivity contribution in [3.63, 3.8) is 0 Å². The maximum absolute atomic E-state index is 6.22. The lowest BCUT2D eigenvalue weighted by Gasteiger charge is -2.24. The number of hydrogen-bond acceptors (Lipinski definition) is 2. The van der Waals surface area contributed by atoms with Gasteiger partial charge >= 0.3 is 0 Å². The van der Waals surface area contributed by atoms with E-state index in [9.17, 15) is 0 Å². The van der Waals surface area contributed by atoms with Crippen LogP contribution in [0.1, 0.15) is 30.5 Å². The van der Waals surface area contributed by atoms with Gasteiger partial charge in [0.25, 0.3) is 0 Å². The maximum Gasteiger partial charge on any atom is 0.0919 e. The molecule has 1 aromatic heterocycles. The number of aryl methyl sites for hydroxylation is 1. The molecule has 0 amide bonds. The Morgan fingerprint density at radius 1 is 1.33 bits per heavy atom. The van der Waals surface area contributed by atoms with E-state index < -0.39 is 0 Å². The molecule has 1 heterocycles. The molecule has 2 aromatic rings. The third kappa shape index (κ3) is 2.74. The van der Waals surface area contributed by atoms with Gasteiger partial charge < -0.3 is 5.73 Å². The summed E-state index contributed by atoms with van der Waals surface area (Å²) >= 11 is 5.94. The summed E-state index contributed by atoms with van der Waals surface area (Å²) in [6.07, 6.45) is 4.35. The minimum absolute atomic E-state index is 0.0173. The Bertz CT molecular complexity index is 504. The van der Waals surface area contributed by atoms with Gasteiger partial charge in [-0.25, -0.2) is 0 Å². The summed E-state index contributed by atoms with van der Waals surface area (Å²) in [7, 11) is 0. The van der Waals surface area contributed by atoms with Crippen LogP contribution >= 0.6 is 11.6 Å². The highest BCUT2D eigenvalue weighted by molar-refractivity contribution is 6.30. The van der Waals surface area contributed by atoms with E-state index in [1.807, 2.05) is 10.9 Å². The fourth-order valence-corrected chi connectivity index (χ4v) is 2.19. The van der Waals surface area contributed by atoms with E-state index in [2.05, 4.69) is 43.2 Å². The molecule has 2 rings (SSSR count). The maximum atomic E-state index is 6.22. The van der Waals surface area contributed by atoms with Gasteiger partial charge in [0.1, 0.15) is 0 Å². The summed E-state index contributed by atoms with van der Waals surface area (Å²) in [6.45, 7) is 4.15. The third-order valence-corrected chi connectivity index (χ3v) is 3.35. The Balaban J connectivity index is 2.39. The van der Waals surface area contributed by atoms with Crippen molar-refractivity contribution in [3.05, 3.63) is 52.8 Å². The monoisotopic (exact) mass is 263 g/mol. The first-order valence-electron chi connectivity index (χ1n) is 6.13. The largest absolute Gasteiger partial charge is 0.326 e. The zero-order chi connectivity index (χ0) is 13.1. The zero-order valence-electron chi connectivity index (χ0n) is 10.7. The van der Waals surface area contributed by atoms with Crippen LogP contribution in [0.25, 0.3) is 0 Å². The fourth-order valence-electron chi connectivity index (χ4n) is 2.05. The van der Waals surface area contributed by atoms with Gasteiger partial charge in [-0.3, -0.25) is 4.68 Å². The predicted molar refractivity (Wildman–Crippen MR) is 74.8 cm³/mol. The number of aromatic nitrogens is 2. The lowest BCUT2D eigenvalue weighted by molar-refractivity contribution is 0.424. The molecule has 4 heteroatoms. The molecule has 2 N–H and O–H groups in total. The lowest BCUT2D eigenvalue weighted by Crippen LogP contribution is -2.32.